The molecule has 6 aromatic carbocycles. The fourth-order valence-corrected chi connectivity index (χ4v) is 11.5. The minimum absolute atomic E-state index is 1.00. The van der Waals surface area contributed by atoms with Crippen molar-refractivity contribution in [1.29, 1.82) is 0 Å². The summed E-state index contributed by atoms with van der Waals surface area (Å²) in [4.78, 5) is 4.83. The van der Waals surface area contributed by atoms with Gasteiger partial charge >= 0.3 is 0 Å². The lowest BCUT2D eigenvalue weighted by molar-refractivity contribution is 1.34. The number of rotatable bonds is 5. The average Bonchev–Trinajstić information content (AvgIpc) is 3.03. The molecule has 2 heteroatoms. The average molecular weight is 514 g/mol. The molecule has 0 bridgehead atoms. The van der Waals surface area contributed by atoms with E-state index in [1.165, 1.54) is 47.9 Å². The monoisotopic (exact) mass is 513 g/mol. The summed E-state index contributed by atoms with van der Waals surface area (Å²) < 4.78 is 0. The maximum absolute atomic E-state index is 4.83. The third kappa shape index (κ3) is 3.72. The van der Waals surface area contributed by atoms with Gasteiger partial charge in [0.25, 0.3) is 0 Å². The van der Waals surface area contributed by atoms with E-state index in [2.05, 4.69) is 152 Å². The molecule has 0 saturated carbocycles. The van der Waals surface area contributed by atoms with Gasteiger partial charge in [0, 0.05) is 11.8 Å². The lowest BCUT2D eigenvalue weighted by atomic mass is 9.94. The number of nitrogens with zero attached hydrogens (tertiary/aromatic N) is 1. The van der Waals surface area contributed by atoms with Gasteiger partial charge in [-0.3, -0.25) is 4.98 Å². The predicted octanol–water partition coefficient (Wildman–Crippen LogP) is 6.43. The number of aromatic nitrogens is 1. The molecule has 0 amide bonds. The largest absolute Gasteiger partial charge is 0.256 e. The molecule has 0 radical (unpaired) electrons. The molecule has 0 aliphatic rings. The molecule has 0 saturated heterocycles. The number of benzene rings is 6. The molecule has 184 valence electrons. The summed E-state index contributed by atoms with van der Waals surface area (Å²) >= 11 is 0. The molecule has 1 aromatic heterocycles. The van der Waals surface area contributed by atoms with Gasteiger partial charge < -0.3 is 0 Å². The Morgan fingerprint density at radius 3 is 1.15 bits per heavy atom. The van der Waals surface area contributed by atoms with Crippen molar-refractivity contribution in [2.75, 3.05) is 0 Å². The Bertz CT molecular complexity index is 1730. The minimum atomic E-state index is -2.77. The first kappa shape index (κ1) is 23.3. The van der Waals surface area contributed by atoms with Gasteiger partial charge in [-0.2, -0.15) is 0 Å². The van der Waals surface area contributed by atoms with Crippen LogP contribution in [0.5, 0.6) is 0 Å². The van der Waals surface area contributed by atoms with E-state index in [0.717, 1.165) is 5.69 Å². The molecule has 7 rings (SSSR count). The van der Waals surface area contributed by atoms with Crippen LogP contribution in [0.25, 0.3) is 32.8 Å². The molecular formula is C37H27NSi. The van der Waals surface area contributed by atoms with E-state index in [4.69, 9.17) is 4.98 Å². The van der Waals surface area contributed by atoms with E-state index in [-0.39, 0.29) is 0 Å². The molecule has 0 unspecified atom stereocenters. The van der Waals surface area contributed by atoms with Crippen LogP contribution in [0.1, 0.15) is 0 Å². The van der Waals surface area contributed by atoms with Gasteiger partial charge in [-0.25, -0.2) is 0 Å². The smallest absolute Gasteiger partial charge is 0.180 e. The standard InChI is InChI=1S/C37H27NSi/c1-4-16-28(17-5-1)39(29-18-6-2-7-19-29,30-20-8-3-9-21-30)37-33-24-12-10-22-31(33)36(35-26-14-15-27-38-35)32-23-11-13-25-34(32)37/h1-27H. The summed E-state index contributed by atoms with van der Waals surface area (Å²) in [7, 11) is -2.77. The SMILES string of the molecule is c1ccc([Si](c2ccccc2)(c2ccccc2)c2c3ccccc3c(-c3ccccn3)c3ccccc23)cc1. The zero-order chi connectivity index (χ0) is 26.1. The van der Waals surface area contributed by atoms with Crippen LogP contribution in [-0.4, -0.2) is 13.1 Å². The second-order valence-electron chi connectivity index (χ2n) is 9.90. The molecule has 0 fully saturated rings. The Morgan fingerprint density at radius 1 is 0.359 bits per heavy atom. The van der Waals surface area contributed by atoms with Crippen LogP contribution in [0.3, 0.4) is 0 Å². The predicted molar refractivity (Wildman–Crippen MR) is 168 cm³/mol. The molecule has 7 aromatic rings. The highest BCUT2D eigenvalue weighted by Crippen LogP contribution is 2.35. The van der Waals surface area contributed by atoms with Crippen molar-refractivity contribution in [2.45, 2.75) is 0 Å². The third-order valence-electron chi connectivity index (χ3n) is 7.85. The third-order valence-corrected chi connectivity index (χ3v) is 12.7. The normalized spacial score (nSPS) is 11.6. The van der Waals surface area contributed by atoms with E-state index in [1.54, 1.807) is 0 Å². The zero-order valence-corrected chi connectivity index (χ0v) is 22.5. The second-order valence-corrected chi connectivity index (χ2v) is 13.6. The zero-order valence-electron chi connectivity index (χ0n) is 21.5. The van der Waals surface area contributed by atoms with Gasteiger partial charge in [0.2, 0.25) is 0 Å². The highest BCUT2D eigenvalue weighted by atomic mass is 28.3. The Hall–Kier alpha value is -4.79. The van der Waals surface area contributed by atoms with Crippen LogP contribution in [0.15, 0.2) is 164 Å². The van der Waals surface area contributed by atoms with Gasteiger partial charge in [0.05, 0.1) is 5.69 Å². The summed E-state index contributed by atoms with van der Waals surface area (Å²) in [6.07, 6.45) is 1.89. The van der Waals surface area contributed by atoms with Gasteiger partial charge in [-0.05, 0) is 54.4 Å². The van der Waals surface area contributed by atoms with E-state index < -0.39 is 8.07 Å². The van der Waals surface area contributed by atoms with Gasteiger partial charge in [0.1, 0.15) is 0 Å². The van der Waals surface area contributed by atoms with Crippen molar-refractivity contribution >= 4 is 50.4 Å². The fourth-order valence-electron chi connectivity index (χ4n) is 6.32. The highest BCUT2D eigenvalue weighted by molar-refractivity contribution is 7.21. The van der Waals surface area contributed by atoms with E-state index >= 15 is 0 Å². The maximum Gasteiger partial charge on any atom is 0.180 e. The van der Waals surface area contributed by atoms with Crippen LogP contribution in [-0.2, 0) is 0 Å². The molecule has 39 heavy (non-hydrogen) atoms. The van der Waals surface area contributed by atoms with E-state index in [0.29, 0.717) is 0 Å². The second kappa shape index (κ2) is 9.83. The van der Waals surface area contributed by atoms with E-state index in [9.17, 15) is 0 Å². The van der Waals surface area contributed by atoms with Crippen molar-refractivity contribution in [3.05, 3.63) is 164 Å². The van der Waals surface area contributed by atoms with Crippen molar-refractivity contribution < 1.29 is 0 Å². The lowest BCUT2D eigenvalue weighted by Crippen LogP contribution is -2.75. The first-order valence-corrected chi connectivity index (χ1v) is 15.4. The molecule has 0 aliphatic carbocycles. The van der Waals surface area contributed by atoms with Crippen molar-refractivity contribution in [2.24, 2.45) is 0 Å². The van der Waals surface area contributed by atoms with Crippen LogP contribution in [0.4, 0.5) is 0 Å². The maximum atomic E-state index is 4.83. The molecule has 1 nitrogen and oxygen atoms in total. The number of hydrogen-bond acceptors (Lipinski definition) is 1. The topological polar surface area (TPSA) is 12.9 Å². The molecular weight excluding hydrogens is 487 g/mol. The summed E-state index contributed by atoms with van der Waals surface area (Å²) in [5.41, 5.74) is 2.20. The highest BCUT2D eigenvalue weighted by Gasteiger charge is 2.43. The van der Waals surface area contributed by atoms with Crippen LogP contribution in [0.2, 0.25) is 0 Å². The van der Waals surface area contributed by atoms with Crippen LogP contribution >= 0.6 is 0 Å². The van der Waals surface area contributed by atoms with Gasteiger partial charge in [-0.1, -0.05) is 146 Å². The van der Waals surface area contributed by atoms with Crippen molar-refractivity contribution in [1.82, 2.24) is 4.98 Å². The Labute approximate surface area is 230 Å². The first-order chi connectivity index (χ1) is 19.4. The summed E-state index contributed by atoms with van der Waals surface area (Å²) in [6.45, 7) is 0. The Kier molecular flexibility index (Phi) is 5.88. The number of hydrogen-bond donors (Lipinski definition) is 0. The lowest BCUT2D eigenvalue weighted by Gasteiger charge is -2.36. The van der Waals surface area contributed by atoms with Crippen LogP contribution in [0, 0.1) is 0 Å². The van der Waals surface area contributed by atoms with Crippen molar-refractivity contribution in [3.63, 3.8) is 0 Å². The quantitative estimate of drug-likeness (QED) is 0.147. The molecule has 0 aliphatic heterocycles. The van der Waals surface area contributed by atoms with Gasteiger partial charge in [0.15, 0.2) is 8.07 Å². The van der Waals surface area contributed by atoms with Gasteiger partial charge in [-0.15, -0.1) is 0 Å². The molecule has 0 atom stereocenters. The Morgan fingerprint density at radius 2 is 0.744 bits per heavy atom. The summed E-state index contributed by atoms with van der Waals surface area (Å²) in [5.74, 6) is 0. The fraction of sp³-hybridized carbons (Fsp3) is 0. The molecule has 1 heterocycles. The minimum Gasteiger partial charge on any atom is -0.256 e. The number of pyridine rings is 1. The first-order valence-electron chi connectivity index (χ1n) is 13.4. The summed E-state index contributed by atoms with van der Waals surface area (Å²) in [5, 5.41) is 10.6. The van der Waals surface area contributed by atoms with Crippen molar-refractivity contribution in [3.8, 4) is 11.3 Å². The van der Waals surface area contributed by atoms with E-state index in [1.807, 2.05) is 12.3 Å². The van der Waals surface area contributed by atoms with Crippen LogP contribution < -0.4 is 20.7 Å². The molecule has 0 spiro atoms. The number of fused-ring (bicyclic) bond motifs is 2. The summed E-state index contributed by atoms with van der Waals surface area (Å²) in [6, 6.07) is 57.6. The Balaban J connectivity index is 1.76. The molecule has 0 N–H and O–H groups in total.